The van der Waals surface area contributed by atoms with Crippen molar-refractivity contribution in [3.05, 3.63) is 23.9 Å². The monoisotopic (exact) mass is 318 g/mol. The van der Waals surface area contributed by atoms with Crippen molar-refractivity contribution in [1.82, 2.24) is 15.2 Å². The molecule has 0 radical (unpaired) electrons. The lowest BCUT2D eigenvalue weighted by atomic mass is 10.2. The molecular formula is C17H26N4O2. The molecule has 6 heteroatoms. The molecule has 2 saturated heterocycles. The molecule has 1 amide bonds. The Morgan fingerprint density at radius 3 is 2.78 bits per heavy atom. The molecule has 0 spiro atoms. The quantitative estimate of drug-likeness (QED) is 0.878. The number of piperazine rings is 1. The molecular weight excluding hydrogens is 292 g/mol. The molecule has 1 aromatic rings. The molecule has 0 saturated carbocycles. The first-order valence-electron chi connectivity index (χ1n) is 8.58. The van der Waals surface area contributed by atoms with Crippen molar-refractivity contribution in [2.75, 3.05) is 44.2 Å². The molecule has 2 aliphatic rings. The summed E-state index contributed by atoms with van der Waals surface area (Å²) in [7, 11) is 0. The molecule has 1 N–H and O–H groups in total. The van der Waals surface area contributed by atoms with Crippen LogP contribution in [0.15, 0.2) is 18.3 Å². The third-order valence-electron chi connectivity index (χ3n) is 4.64. The second-order valence-corrected chi connectivity index (χ2v) is 6.17. The van der Waals surface area contributed by atoms with Gasteiger partial charge in [0.1, 0.15) is 11.9 Å². The minimum Gasteiger partial charge on any atom is -0.368 e. The van der Waals surface area contributed by atoms with Crippen LogP contribution in [0, 0.1) is 0 Å². The Kier molecular flexibility index (Phi) is 5.46. The fourth-order valence-corrected chi connectivity index (χ4v) is 3.09. The van der Waals surface area contributed by atoms with Gasteiger partial charge in [0.05, 0.1) is 0 Å². The third kappa shape index (κ3) is 4.20. The maximum atomic E-state index is 11.9. The maximum absolute atomic E-state index is 11.9. The number of anilines is 1. The zero-order valence-corrected chi connectivity index (χ0v) is 13.8. The maximum Gasteiger partial charge on any atom is 0.249 e. The van der Waals surface area contributed by atoms with Gasteiger partial charge < -0.3 is 19.9 Å². The van der Waals surface area contributed by atoms with Gasteiger partial charge in [0, 0.05) is 45.5 Å². The summed E-state index contributed by atoms with van der Waals surface area (Å²) in [6.45, 7) is 8.76. The molecule has 0 aliphatic carbocycles. The van der Waals surface area contributed by atoms with Gasteiger partial charge in [-0.2, -0.15) is 0 Å². The van der Waals surface area contributed by atoms with E-state index in [-0.39, 0.29) is 12.0 Å². The number of amides is 1. The number of nitrogens with zero attached hydrogens (tertiary/aromatic N) is 3. The van der Waals surface area contributed by atoms with E-state index in [1.165, 1.54) is 0 Å². The van der Waals surface area contributed by atoms with Gasteiger partial charge in [-0.1, -0.05) is 13.0 Å². The van der Waals surface area contributed by atoms with Crippen LogP contribution in [-0.2, 0) is 16.1 Å². The summed E-state index contributed by atoms with van der Waals surface area (Å²) in [6.07, 6.45) is 3.39. The van der Waals surface area contributed by atoms with Gasteiger partial charge in [-0.25, -0.2) is 4.98 Å². The minimum atomic E-state index is -0.267. The van der Waals surface area contributed by atoms with E-state index in [9.17, 15) is 4.79 Å². The number of carbonyl (C=O) groups is 1. The highest BCUT2D eigenvalue weighted by molar-refractivity contribution is 5.80. The molecule has 3 rings (SSSR count). The van der Waals surface area contributed by atoms with Gasteiger partial charge in [0.15, 0.2) is 0 Å². The Bertz CT molecular complexity index is 506. The van der Waals surface area contributed by atoms with Gasteiger partial charge in [-0.15, -0.1) is 0 Å². The van der Waals surface area contributed by atoms with Crippen LogP contribution >= 0.6 is 0 Å². The second-order valence-electron chi connectivity index (χ2n) is 6.17. The summed E-state index contributed by atoms with van der Waals surface area (Å²) >= 11 is 0. The van der Waals surface area contributed by atoms with E-state index in [2.05, 4.69) is 33.1 Å². The van der Waals surface area contributed by atoms with Crippen LogP contribution in [-0.4, -0.2) is 61.2 Å². The Hall–Kier alpha value is -1.66. The van der Waals surface area contributed by atoms with Gasteiger partial charge in [-0.3, -0.25) is 4.79 Å². The van der Waals surface area contributed by atoms with Crippen LogP contribution in [0.5, 0.6) is 0 Å². The number of carbonyl (C=O) groups excluding carboxylic acids is 1. The van der Waals surface area contributed by atoms with Crippen molar-refractivity contribution in [2.24, 2.45) is 0 Å². The summed E-state index contributed by atoms with van der Waals surface area (Å²) < 4.78 is 5.38. The van der Waals surface area contributed by atoms with E-state index in [1.807, 2.05) is 12.3 Å². The van der Waals surface area contributed by atoms with Gasteiger partial charge in [-0.05, 0) is 31.0 Å². The van der Waals surface area contributed by atoms with Gasteiger partial charge in [0.2, 0.25) is 5.91 Å². The Morgan fingerprint density at radius 2 is 2.17 bits per heavy atom. The number of aromatic nitrogens is 1. The molecule has 0 bridgehead atoms. The first-order valence-corrected chi connectivity index (χ1v) is 8.58. The van der Waals surface area contributed by atoms with Crippen LogP contribution in [0.2, 0.25) is 0 Å². The zero-order chi connectivity index (χ0) is 16.1. The normalized spacial score (nSPS) is 22.3. The van der Waals surface area contributed by atoms with Crippen LogP contribution in [0.3, 0.4) is 0 Å². The number of likely N-dealkylation sites (N-methyl/N-ethyl adjacent to an activating group) is 1. The van der Waals surface area contributed by atoms with Crippen LogP contribution in [0.4, 0.5) is 5.82 Å². The number of hydrogen-bond acceptors (Lipinski definition) is 5. The van der Waals surface area contributed by atoms with E-state index in [4.69, 9.17) is 4.74 Å². The van der Waals surface area contributed by atoms with E-state index in [0.29, 0.717) is 13.2 Å². The van der Waals surface area contributed by atoms with Crippen molar-refractivity contribution in [2.45, 2.75) is 32.4 Å². The lowest BCUT2D eigenvalue weighted by molar-refractivity contribution is -0.130. The molecule has 3 heterocycles. The topological polar surface area (TPSA) is 57.7 Å². The SMILES string of the molecule is CCN1CCN(c2ccc(CNC(=O)C3CCCO3)cn2)CC1. The number of nitrogens with one attached hydrogen (secondary N) is 1. The molecule has 23 heavy (non-hydrogen) atoms. The van der Waals surface area contributed by atoms with E-state index in [1.54, 1.807) is 0 Å². The summed E-state index contributed by atoms with van der Waals surface area (Å²) in [6, 6.07) is 4.10. The minimum absolute atomic E-state index is 0.0118. The predicted molar refractivity (Wildman–Crippen MR) is 89.4 cm³/mol. The average molecular weight is 318 g/mol. The van der Waals surface area contributed by atoms with Crippen LogP contribution < -0.4 is 10.2 Å². The van der Waals surface area contributed by atoms with Crippen molar-refractivity contribution in [3.63, 3.8) is 0 Å². The summed E-state index contributed by atoms with van der Waals surface area (Å²) in [4.78, 5) is 21.2. The summed E-state index contributed by atoms with van der Waals surface area (Å²) in [5, 5.41) is 2.93. The van der Waals surface area contributed by atoms with E-state index >= 15 is 0 Å². The molecule has 0 aromatic carbocycles. The van der Waals surface area contributed by atoms with Crippen molar-refractivity contribution >= 4 is 11.7 Å². The lowest BCUT2D eigenvalue weighted by Crippen LogP contribution is -2.46. The highest BCUT2D eigenvalue weighted by atomic mass is 16.5. The van der Waals surface area contributed by atoms with Crippen molar-refractivity contribution in [3.8, 4) is 0 Å². The first-order chi connectivity index (χ1) is 11.3. The van der Waals surface area contributed by atoms with Gasteiger partial charge >= 0.3 is 0 Å². The molecule has 6 nitrogen and oxygen atoms in total. The van der Waals surface area contributed by atoms with E-state index in [0.717, 1.165) is 56.9 Å². The lowest BCUT2D eigenvalue weighted by Gasteiger charge is -2.34. The first kappa shape index (κ1) is 16.2. The van der Waals surface area contributed by atoms with Crippen molar-refractivity contribution < 1.29 is 9.53 Å². The van der Waals surface area contributed by atoms with Crippen molar-refractivity contribution in [1.29, 1.82) is 0 Å². The zero-order valence-electron chi connectivity index (χ0n) is 13.8. The Labute approximate surface area is 137 Å². The predicted octanol–water partition coefficient (Wildman–Crippen LogP) is 1.02. The molecule has 1 aromatic heterocycles. The molecule has 2 aliphatic heterocycles. The summed E-state index contributed by atoms with van der Waals surface area (Å²) in [5.74, 6) is 1.01. The number of ether oxygens (including phenoxy) is 1. The average Bonchev–Trinajstić information content (AvgIpc) is 3.15. The number of pyridine rings is 1. The fourth-order valence-electron chi connectivity index (χ4n) is 3.09. The molecule has 126 valence electrons. The second kappa shape index (κ2) is 7.75. The molecule has 1 atom stereocenters. The Balaban J connectivity index is 1.48. The molecule has 2 fully saturated rings. The molecule has 1 unspecified atom stereocenters. The van der Waals surface area contributed by atoms with E-state index < -0.39 is 0 Å². The highest BCUT2D eigenvalue weighted by Gasteiger charge is 2.23. The summed E-state index contributed by atoms with van der Waals surface area (Å²) in [5.41, 5.74) is 1.02. The number of hydrogen-bond donors (Lipinski definition) is 1. The largest absolute Gasteiger partial charge is 0.368 e. The standard InChI is InChI=1S/C17H26N4O2/c1-2-20-7-9-21(10-8-20)16-6-5-14(12-18-16)13-19-17(22)15-4-3-11-23-15/h5-6,12,15H,2-4,7-11,13H2,1H3,(H,19,22). The van der Waals surface area contributed by atoms with Crippen LogP contribution in [0.25, 0.3) is 0 Å². The van der Waals surface area contributed by atoms with Crippen LogP contribution in [0.1, 0.15) is 25.3 Å². The van der Waals surface area contributed by atoms with Gasteiger partial charge in [0.25, 0.3) is 0 Å². The smallest absolute Gasteiger partial charge is 0.249 e. The Morgan fingerprint density at radius 1 is 1.35 bits per heavy atom. The fraction of sp³-hybridized carbons (Fsp3) is 0.647. The highest BCUT2D eigenvalue weighted by Crippen LogP contribution is 2.15. The number of rotatable bonds is 5. The third-order valence-corrected chi connectivity index (χ3v) is 4.64.